The first kappa shape index (κ1) is 48.3. The van der Waals surface area contributed by atoms with Gasteiger partial charge < -0.3 is 0 Å². The van der Waals surface area contributed by atoms with Gasteiger partial charge in [0, 0.05) is 10.8 Å². The van der Waals surface area contributed by atoms with Crippen LogP contribution in [0.2, 0.25) is 0 Å². The van der Waals surface area contributed by atoms with Crippen LogP contribution in [-0.2, 0) is 52.1 Å². The summed E-state index contributed by atoms with van der Waals surface area (Å²) in [5.41, 5.74) is 9.96. The highest BCUT2D eigenvalue weighted by molar-refractivity contribution is 7.86. The van der Waals surface area contributed by atoms with Crippen LogP contribution in [0.4, 0.5) is 11.4 Å². The normalized spacial score (nSPS) is 12.1. The third-order valence-electron chi connectivity index (χ3n) is 10.8. The number of benzene rings is 7. The molecule has 0 aliphatic carbocycles. The molecule has 0 atom stereocenters. The lowest BCUT2D eigenvalue weighted by Crippen LogP contribution is -2.02. The van der Waals surface area contributed by atoms with Gasteiger partial charge in [-0.1, -0.05) is 72.8 Å². The van der Waals surface area contributed by atoms with E-state index < -0.39 is 52.1 Å². The first-order valence-corrected chi connectivity index (χ1v) is 25.5. The molecule has 11 rings (SSSR count). The molecule has 70 heavy (non-hydrogen) atoms. The minimum absolute atomic E-state index is 0.144. The Balaban J connectivity index is 0.000000496. The Kier molecular flexibility index (Phi) is 12.7. The fourth-order valence-electron chi connectivity index (χ4n) is 7.87. The molecule has 4 aromatic heterocycles. The Morgan fingerprint density at radius 1 is 0.514 bits per heavy atom. The molecule has 0 aliphatic heterocycles. The Bertz CT molecular complexity index is 4440. The zero-order valence-corrected chi connectivity index (χ0v) is 39.6. The molecule has 23 nitrogen and oxygen atoms in total. The SMILES string of the molecule is Cc1cc(-n2n3c4ccc5cc(S(=O)(=O)O)ccc5c4n23)c(C)cc1N=Nc1ccc(C=Cc2ccc(-n3n4c5ccc6ccccc6c5n34)cc2S(=O)(=O)O)cc1.O=S(=O)=O.O=S(=O)=O.O=S(=O)=O. The number of nitrogens with zero attached hydrogens (tertiary/aromatic N) is 8. The minimum Gasteiger partial charge on any atom is -0.282 e. The van der Waals surface area contributed by atoms with Crippen molar-refractivity contribution in [2.75, 3.05) is 0 Å². The van der Waals surface area contributed by atoms with Gasteiger partial charge in [0.05, 0.1) is 27.6 Å². The van der Waals surface area contributed by atoms with Gasteiger partial charge in [-0.25, -0.2) is 0 Å². The van der Waals surface area contributed by atoms with Crippen molar-refractivity contribution < 1.29 is 63.8 Å². The first-order chi connectivity index (χ1) is 33.0. The van der Waals surface area contributed by atoms with Crippen molar-refractivity contribution in [1.82, 2.24) is 28.1 Å². The number of aryl methyl sites for hydroxylation is 2. The molecule has 11 aromatic rings. The van der Waals surface area contributed by atoms with E-state index in [0.29, 0.717) is 28.0 Å². The fraction of sp³-hybridized carbons (Fsp3) is 0.0476. The molecule has 0 bridgehead atoms. The summed E-state index contributed by atoms with van der Waals surface area (Å²) in [6.45, 7) is 3.97. The van der Waals surface area contributed by atoms with Gasteiger partial charge in [-0.05, 0) is 108 Å². The summed E-state index contributed by atoms with van der Waals surface area (Å²) in [4.78, 5) is 3.56. The quantitative estimate of drug-likeness (QED) is 0.0980. The summed E-state index contributed by atoms with van der Waals surface area (Å²) in [6.07, 6.45) is 3.43. The third kappa shape index (κ3) is 9.62. The molecule has 0 saturated carbocycles. The van der Waals surface area contributed by atoms with Gasteiger partial charge in [0.1, 0.15) is 27.0 Å². The maximum Gasteiger partial charge on any atom is 0.425 e. The first-order valence-electron chi connectivity index (χ1n) is 19.6. The molecule has 0 aliphatic rings. The average molecular weight is 1050 g/mol. The lowest BCUT2D eigenvalue weighted by molar-refractivity contribution is 0.481. The number of fused-ring (bicyclic) bond motifs is 12. The van der Waals surface area contributed by atoms with E-state index in [1.807, 2.05) is 115 Å². The van der Waals surface area contributed by atoms with Gasteiger partial charge in [0.2, 0.25) is 0 Å². The molecule has 0 radical (unpaired) electrons. The van der Waals surface area contributed by atoms with Crippen LogP contribution in [0.25, 0.3) is 67.1 Å². The van der Waals surface area contributed by atoms with Gasteiger partial charge in [-0.3, -0.25) is 9.11 Å². The van der Waals surface area contributed by atoms with Crippen molar-refractivity contribution in [2.45, 2.75) is 23.6 Å². The van der Waals surface area contributed by atoms with Gasteiger partial charge in [0.15, 0.2) is 0 Å². The van der Waals surface area contributed by atoms with Crippen LogP contribution in [-0.4, -0.2) is 91.9 Å². The highest BCUT2D eigenvalue weighted by atomic mass is 32.2. The zero-order chi connectivity index (χ0) is 50.6. The molecule has 4 heterocycles. The van der Waals surface area contributed by atoms with Crippen LogP contribution in [0.5, 0.6) is 0 Å². The maximum absolute atomic E-state index is 12.5. The van der Waals surface area contributed by atoms with Crippen molar-refractivity contribution in [3.63, 3.8) is 0 Å². The summed E-state index contributed by atoms with van der Waals surface area (Å²) in [5.74, 6) is 0. The summed E-state index contributed by atoms with van der Waals surface area (Å²) in [6, 6.07) is 36.9. The average Bonchev–Trinajstić information content (AvgIpc) is 4.14. The number of aromatic nitrogens is 6. The van der Waals surface area contributed by atoms with Gasteiger partial charge in [-0.15, -0.1) is 56.4 Å². The largest absolute Gasteiger partial charge is 0.425 e. The van der Waals surface area contributed by atoms with Crippen LogP contribution in [0.3, 0.4) is 0 Å². The topological polar surface area (TPSA) is 315 Å². The molecule has 0 amide bonds. The van der Waals surface area contributed by atoms with Gasteiger partial charge in [0.25, 0.3) is 20.2 Å². The van der Waals surface area contributed by atoms with Crippen LogP contribution >= 0.6 is 0 Å². The van der Waals surface area contributed by atoms with E-state index in [2.05, 4.69) is 28.4 Å². The Labute approximate surface area is 397 Å². The molecular weight excluding hydrogens is 1020 g/mol. The number of hydrogen-bond acceptors (Lipinski definition) is 15. The van der Waals surface area contributed by atoms with Crippen molar-refractivity contribution in [2.24, 2.45) is 10.2 Å². The van der Waals surface area contributed by atoms with E-state index >= 15 is 0 Å². The molecule has 0 unspecified atom stereocenters. The minimum atomic E-state index is -4.54. The zero-order valence-electron chi connectivity index (χ0n) is 35.5. The smallest absolute Gasteiger partial charge is 0.282 e. The summed E-state index contributed by atoms with van der Waals surface area (Å²) >= 11 is 0. The third-order valence-corrected chi connectivity index (χ3v) is 12.6. The molecule has 28 heteroatoms. The van der Waals surface area contributed by atoms with Gasteiger partial charge in [-0.2, -0.15) is 36.7 Å². The van der Waals surface area contributed by atoms with Crippen molar-refractivity contribution in [3.8, 4) is 11.4 Å². The maximum atomic E-state index is 12.5. The van der Waals surface area contributed by atoms with Gasteiger partial charge >= 0.3 is 31.8 Å². The van der Waals surface area contributed by atoms with E-state index in [4.69, 9.17) is 37.9 Å². The van der Waals surface area contributed by atoms with Crippen molar-refractivity contribution in [3.05, 3.63) is 144 Å². The van der Waals surface area contributed by atoms with E-state index in [9.17, 15) is 25.9 Å². The summed E-state index contributed by atoms with van der Waals surface area (Å²) in [5, 5.41) is 12.8. The van der Waals surface area contributed by atoms with E-state index in [-0.39, 0.29) is 9.79 Å². The number of rotatable bonds is 8. The molecule has 7 aromatic carbocycles. The molecule has 2 N–H and O–H groups in total. The predicted octanol–water partition coefficient (Wildman–Crippen LogP) is 6.14. The van der Waals surface area contributed by atoms with Crippen LogP contribution < -0.4 is 0 Å². The monoisotopic (exact) mass is 1050 g/mol. The standard InChI is InChI=1S/C42H30N8O6S2.3O3S/c1-25-22-39(48-47-38-20-13-30-23-33(57(51,52)53)17-18-35(30)42(38)50(47)48)26(2)21-36(25)44-43-31-14-8-27(9-15-31)7-10-29-11-16-32(24-40(29)58(54,55)56)45-46-37-19-12-28-5-3-4-6-34(28)41(37)49(45)46;3*1-4(2)3/h3-24H,1-2H3,(H,51,52,53)(H,54,55,56);;;. The Morgan fingerprint density at radius 3 is 1.70 bits per heavy atom. The molecule has 358 valence electrons. The van der Waals surface area contributed by atoms with E-state index in [1.165, 1.54) is 18.2 Å². The van der Waals surface area contributed by atoms with E-state index in [0.717, 1.165) is 60.6 Å². The molecular formula is C42H30N8O15S5. The Hall–Kier alpha value is -8.12. The molecule has 0 fully saturated rings. The lowest BCUT2D eigenvalue weighted by atomic mass is 10.1. The molecule has 0 spiro atoms. The fourth-order valence-corrected chi connectivity index (χ4v) is 9.09. The van der Waals surface area contributed by atoms with Crippen LogP contribution in [0.15, 0.2) is 141 Å². The second kappa shape index (κ2) is 18.4. The predicted molar refractivity (Wildman–Crippen MR) is 250 cm³/mol. The summed E-state index contributed by atoms with van der Waals surface area (Å²) < 4.78 is 152. The van der Waals surface area contributed by atoms with Crippen LogP contribution in [0.1, 0.15) is 22.3 Å². The lowest BCUT2D eigenvalue weighted by Gasteiger charge is -2.05. The van der Waals surface area contributed by atoms with E-state index in [1.54, 1.807) is 24.3 Å². The highest BCUT2D eigenvalue weighted by Crippen LogP contribution is 2.37. The summed E-state index contributed by atoms with van der Waals surface area (Å²) in [7, 11) is -18.2. The number of azo groups is 1. The van der Waals surface area contributed by atoms with Crippen molar-refractivity contribution >= 4 is 119 Å². The number of hydrogen-bond donors (Lipinski definition) is 2. The van der Waals surface area contributed by atoms with Crippen LogP contribution in [0, 0.1) is 13.8 Å². The molecule has 0 saturated heterocycles. The second-order valence-corrected chi connectivity index (χ2v) is 19.1. The highest BCUT2D eigenvalue weighted by Gasteiger charge is 2.29. The van der Waals surface area contributed by atoms with Crippen molar-refractivity contribution in [1.29, 1.82) is 0 Å². The second-order valence-electron chi connectivity index (χ2n) is 15.0. The Morgan fingerprint density at radius 2 is 1.09 bits per heavy atom.